The summed E-state index contributed by atoms with van der Waals surface area (Å²) in [5, 5.41) is 5.73. The third-order valence-corrected chi connectivity index (χ3v) is 2.69. The average Bonchev–Trinajstić information content (AvgIpc) is 2.40. The van der Waals surface area contributed by atoms with Crippen molar-refractivity contribution in [3.8, 4) is 0 Å². The lowest BCUT2D eigenvalue weighted by atomic mass is 10.3. The number of halogens is 1. The Hall–Kier alpha value is -1.88. The van der Waals surface area contributed by atoms with Crippen LogP contribution in [0.4, 0.5) is 11.5 Å². The Morgan fingerprint density at radius 3 is 2.61 bits per heavy atom. The summed E-state index contributed by atoms with van der Waals surface area (Å²) >= 11 is 3.29. The second-order valence-electron chi connectivity index (χ2n) is 3.63. The first kappa shape index (κ1) is 12.6. The topological polar surface area (TPSA) is 54.0 Å². The Morgan fingerprint density at radius 2 is 1.94 bits per heavy atom. The molecule has 1 heterocycles. The molecule has 4 nitrogen and oxygen atoms in total. The van der Waals surface area contributed by atoms with E-state index in [4.69, 9.17) is 0 Å². The highest BCUT2D eigenvalue weighted by molar-refractivity contribution is 9.10. The van der Waals surface area contributed by atoms with Gasteiger partial charge in [0.25, 0.3) is 0 Å². The number of amides is 1. The summed E-state index contributed by atoms with van der Waals surface area (Å²) in [6.45, 7) is 0.210. The smallest absolute Gasteiger partial charge is 0.244 e. The predicted octanol–water partition coefficient (Wildman–Crippen LogP) is 2.89. The lowest BCUT2D eigenvalue weighted by Gasteiger charge is -2.07. The summed E-state index contributed by atoms with van der Waals surface area (Å²) in [7, 11) is 0. The molecule has 0 aliphatic rings. The number of carbonyl (C=O) groups excluding carboxylic acids is 1. The van der Waals surface area contributed by atoms with Gasteiger partial charge in [0, 0.05) is 16.4 Å². The van der Waals surface area contributed by atoms with E-state index in [1.807, 2.05) is 36.4 Å². The molecule has 0 unspecified atom stereocenters. The first-order valence-electron chi connectivity index (χ1n) is 5.44. The Labute approximate surface area is 114 Å². The quantitative estimate of drug-likeness (QED) is 0.913. The van der Waals surface area contributed by atoms with E-state index in [1.54, 1.807) is 12.3 Å². The molecule has 1 aromatic heterocycles. The van der Waals surface area contributed by atoms with Crippen LogP contribution in [0.5, 0.6) is 0 Å². The van der Waals surface area contributed by atoms with Crippen molar-refractivity contribution < 1.29 is 4.79 Å². The largest absolute Gasteiger partial charge is 0.376 e. The second-order valence-corrected chi connectivity index (χ2v) is 4.55. The van der Waals surface area contributed by atoms with E-state index < -0.39 is 0 Å². The van der Waals surface area contributed by atoms with E-state index in [2.05, 4.69) is 31.5 Å². The van der Waals surface area contributed by atoms with Crippen LogP contribution in [-0.2, 0) is 4.79 Å². The van der Waals surface area contributed by atoms with E-state index in [-0.39, 0.29) is 12.5 Å². The molecule has 5 heteroatoms. The fraction of sp³-hybridized carbons (Fsp3) is 0.0769. The zero-order valence-corrected chi connectivity index (χ0v) is 11.1. The second kappa shape index (κ2) is 6.16. The van der Waals surface area contributed by atoms with Gasteiger partial charge in [0.15, 0.2) is 0 Å². The third-order valence-electron chi connectivity index (χ3n) is 2.22. The number of hydrogen-bond acceptors (Lipinski definition) is 3. The highest BCUT2D eigenvalue weighted by Crippen LogP contribution is 2.10. The first-order chi connectivity index (χ1) is 8.74. The van der Waals surface area contributed by atoms with Gasteiger partial charge in [-0.1, -0.05) is 18.2 Å². The lowest BCUT2D eigenvalue weighted by molar-refractivity contribution is -0.114. The highest BCUT2D eigenvalue weighted by atomic mass is 79.9. The summed E-state index contributed by atoms with van der Waals surface area (Å²) in [6.07, 6.45) is 1.64. The van der Waals surface area contributed by atoms with Gasteiger partial charge in [-0.3, -0.25) is 4.79 Å². The van der Waals surface area contributed by atoms with Crippen molar-refractivity contribution in [1.82, 2.24) is 4.98 Å². The number of rotatable bonds is 4. The minimum Gasteiger partial charge on any atom is -0.376 e. The SMILES string of the molecule is O=C(CNc1ccccc1)Nc1ccc(Br)cn1. The Bertz CT molecular complexity index is 514. The maximum absolute atomic E-state index is 11.6. The minimum absolute atomic E-state index is 0.131. The Balaban J connectivity index is 1.84. The molecule has 2 rings (SSSR count). The number of para-hydroxylation sites is 1. The van der Waals surface area contributed by atoms with Gasteiger partial charge in [0.2, 0.25) is 5.91 Å². The van der Waals surface area contributed by atoms with Gasteiger partial charge in [0.05, 0.1) is 6.54 Å². The van der Waals surface area contributed by atoms with Gasteiger partial charge < -0.3 is 10.6 Å². The molecule has 0 aliphatic carbocycles. The van der Waals surface area contributed by atoms with Gasteiger partial charge in [-0.15, -0.1) is 0 Å². The molecular formula is C13H12BrN3O. The summed E-state index contributed by atoms with van der Waals surface area (Å²) < 4.78 is 0.878. The van der Waals surface area contributed by atoms with Crippen molar-refractivity contribution in [2.45, 2.75) is 0 Å². The number of carbonyl (C=O) groups is 1. The molecule has 0 bridgehead atoms. The van der Waals surface area contributed by atoms with E-state index in [0.29, 0.717) is 5.82 Å². The fourth-order valence-electron chi connectivity index (χ4n) is 1.38. The fourth-order valence-corrected chi connectivity index (χ4v) is 1.61. The number of benzene rings is 1. The number of aromatic nitrogens is 1. The number of anilines is 2. The van der Waals surface area contributed by atoms with Gasteiger partial charge in [-0.25, -0.2) is 4.98 Å². The summed E-state index contributed by atoms with van der Waals surface area (Å²) in [5.74, 6) is 0.409. The molecule has 0 saturated heterocycles. The van der Waals surface area contributed by atoms with Gasteiger partial charge in [-0.2, -0.15) is 0 Å². The molecule has 2 aromatic rings. The lowest BCUT2D eigenvalue weighted by Crippen LogP contribution is -2.22. The summed E-state index contributed by atoms with van der Waals surface area (Å²) in [5.41, 5.74) is 0.913. The van der Waals surface area contributed by atoms with Crippen LogP contribution in [0.15, 0.2) is 53.1 Å². The van der Waals surface area contributed by atoms with Crippen LogP contribution in [0, 0.1) is 0 Å². The summed E-state index contributed by atoms with van der Waals surface area (Å²) in [6, 6.07) is 13.1. The Kier molecular flexibility index (Phi) is 4.30. The van der Waals surface area contributed by atoms with Crippen LogP contribution in [0.3, 0.4) is 0 Å². The molecule has 92 valence electrons. The molecule has 0 saturated carbocycles. The molecule has 0 fully saturated rings. The van der Waals surface area contributed by atoms with Gasteiger partial charge >= 0.3 is 0 Å². The minimum atomic E-state index is -0.131. The van der Waals surface area contributed by atoms with Crippen LogP contribution < -0.4 is 10.6 Å². The molecular weight excluding hydrogens is 294 g/mol. The normalized spacial score (nSPS) is 9.83. The van der Waals surface area contributed by atoms with E-state index in [9.17, 15) is 4.79 Å². The van der Waals surface area contributed by atoms with E-state index >= 15 is 0 Å². The number of nitrogens with zero attached hydrogens (tertiary/aromatic N) is 1. The average molecular weight is 306 g/mol. The molecule has 1 aromatic carbocycles. The number of pyridine rings is 1. The molecule has 18 heavy (non-hydrogen) atoms. The molecule has 1 amide bonds. The van der Waals surface area contributed by atoms with Crippen LogP contribution in [-0.4, -0.2) is 17.4 Å². The molecule has 0 aliphatic heterocycles. The van der Waals surface area contributed by atoms with Crippen molar-refractivity contribution in [3.05, 3.63) is 53.1 Å². The third kappa shape index (κ3) is 3.85. The monoisotopic (exact) mass is 305 g/mol. The maximum Gasteiger partial charge on any atom is 0.244 e. The molecule has 0 atom stereocenters. The number of nitrogens with one attached hydrogen (secondary N) is 2. The van der Waals surface area contributed by atoms with Crippen LogP contribution in [0.2, 0.25) is 0 Å². The van der Waals surface area contributed by atoms with Crippen LogP contribution >= 0.6 is 15.9 Å². The van der Waals surface area contributed by atoms with Crippen LogP contribution in [0.1, 0.15) is 0 Å². The van der Waals surface area contributed by atoms with Crippen molar-refractivity contribution in [2.24, 2.45) is 0 Å². The first-order valence-corrected chi connectivity index (χ1v) is 6.24. The van der Waals surface area contributed by atoms with Crippen LogP contribution in [0.25, 0.3) is 0 Å². The number of hydrogen-bond donors (Lipinski definition) is 2. The van der Waals surface area contributed by atoms with E-state index in [0.717, 1.165) is 10.2 Å². The predicted molar refractivity (Wildman–Crippen MR) is 75.5 cm³/mol. The van der Waals surface area contributed by atoms with E-state index in [1.165, 1.54) is 0 Å². The Morgan fingerprint density at radius 1 is 1.17 bits per heavy atom. The summed E-state index contributed by atoms with van der Waals surface area (Å²) in [4.78, 5) is 15.7. The molecule has 0 spiro atoms. The van der Waals surface area contributed by atoms with Crippen molar-refractivity contribution in [2.75, 3.05) is 17.2 Å². The zero-order chi connectivity index (χ0) is 12.8. The highest BCUT2D eigenvalue weighted by Gasteiger charge is 2.02. The maximum atomic E-state index is 11.6. The molecule has 2 N–H and O–H groups in total. The van der Waals surface area contributed by atoms with Crippen molar-refractivity contribution >= 4 is 33.3 Å². The molecule has 0 radical (unpaired) electrons. The zero-order valence-electron chi connectivity index (χ0n) is 9.56. The van der Waals surface area contributed by atoms with Gasteiger partial charge in [0.1, 0.15) is 5.82 Å². The van der Waals surface area contributed by atoms with Gasteiger partial charge in [-0.05, 0) is 40.2 Å². The van der Waals surface area contributed by atoms with Crippen molar-refractivity contribution in [1.29, 1.82) is 0 Å². The van der Waals surface area contributed by atoms with Crippen molar-refractivity contribution in [3.63, 3.8) is 0 Å². The standard InChI is InChI=1S/C13H12BrN3O/c14-10-6-7-12(16-8-10)17-13(18)9-15-11-4-2-1-3-5-11/h1-8,15H,9H2,(H,16,17,18).